The number of nitrogens with one attached hydrogen (secondary N) is 2. The lowest BCUT2D eigenvalue weighted by Gasteiger charge is -2.32. The molecule has 0 saturated carbocycles. The highest BCUT2D eigenvalue weighted by Crippen LogP contribution is 2.17. The van der Waals surface area contributed by atoms with Crippen LogP contribution in [0, 0.1) is 0 Å². The van der Waals surface area contributed by atoms with Crippen molar-refractivity contribution in [2.45, 2.75) is 25.4 Å². The third-order valence-electron chi connectivity index (χ3n) is 4.33. The number of rotatable bonds is 6. The normalized spacial score (nSPS) is 16.3. The van der Waals surface area contributed by atoms with Gasteiger partial charge in [0.25, 0.3) is 5.91 Å². The lowest BCUT2D eigenvalue weighted by Crippen LogP contribution is -2.44. The number of benzene rings is 1. The Labute approximate surface area is 158 Å². The van der Waals surface area contributed by atoms with E-state index in [4.69, 9.17) is 0 Å². The summed E-state index contributed by atoms with van der Waals surface area (Å²) in [7, 11) is -3.24. The molecular formula is C18H23N3O3S2. The molecule has 2 heterocycles. The highest BCUT2D eigenvalue weighted by atomic mass is 32.2. The van der Waals surface area contributed by atoms with Gasteiger partial charge in [-0.2, -0.15) is 0 Å². The van der Waals surface area contributed by atoms with Gasteiger partial charge in [0, 0.05) is 31.4 Å². The molecule has 1 aliphatic rings. The number of carbonyl (C=O) groups is 1. The molecular weight excluding hydrogens is 370 g/mol. The van der Waals surface area contributed by atoms with E-state index in [9.17, 15) is 13.2 Å². The third kappa shape index (κ3) is 5.55. The SMILES string of the molecule is CS(=O)(=O)Nc1ccc(CN2CCC(NC(=O)c3cccs3)CC2)cc1. The smallest absolute Gasteiger partial charge is 0.261 e. The number of thiophene rings is 1. The predicted octanol–water partition coefficient (Wildman–Crippen LogP) is 2.51. The van der Waals surface area contributed by atoms with Crippen molar-refractivity contribution < 1.29 is 13.2 Å². The van der Waals surface area contributed by atoms with E-state index in [1.165, 1.54) is 11.3 Å². The molecule has 0 atom stereocenters. The number of anilines is 1. The molecule has 1 aromatic heterocycles. The summed E-state index contributed by atoms with van der Waals surface area (Å²) in [6.45, 7) is 2.68. The Morgan fingerprint density at radius 3 is 2.46 bits per heavy atom. The minimum absolute atomic E-state index is 0.0208. The Bertz CT molecular complexity index is 825. The molecule has 0 radical (unpaired) electrons. The average molecular weight is 394 g/mol. The Hall–Kier alpha value is -1.90. The van der Waals surface area contributed by atoms with Crippen LogP contribution in [0.3, 0.4) is 0 Å². The van der Waals surface area contributed by atoms with Crippen molar-refractivity contribution in [2.75, 3.05) is 24.1 Å². The number of carbonyl (C=O) groups excluding carboxylic acids is 1. The summed E-state index contributed by atoms with van der Waals surface area (Å²) in [5.41, 5.74) is 1.72. The Morgan fingerprint density at radius 2 is 1.88 bits per heavy atom. The first-order chi connectivity index (χ1) is 12.4. The second-order valence-corrected chi connectivity index (χ2v) is 9.27. The van der Waals surface area contributed by atoms with E-state index < -0.39 is 10.0 Å². The van der Waals surface area contributed by atoms with E-state index in [0.717, 1.165) is 49.2 Å². The van der Waals surface area contributed by atoms with Gasteiger partial charge in [0.05, 0.1) is 11.1 Å². The maximum Gasteiger partial charge on any atom is 0.261 e. The summed E-state index contributed by atoms with van der Waals surface area (Å²) >= 11 is 1.46. The minimum Gasteiger partial charge on any atom is -0.349 e. The predicted molar refractivity (Wildman–Crippen MR) is 105 cm³/mol. The maximum absolute atomic E-state index is 12.1. The van der Waals surface area contributed by atoms with Gasteiger partial charge in [-0.25, -0.2) is 8.42 Å². The van der Waals surface area contributed by atoms with E-state index in [2.05, 4.69) is 14.9 Å². The molecule has 3 rings (SSSR count). The van der Waals surface area contributed by atoms with Gasteiger partial charge in [-0.05, 0) is 42.0 Å². The number of likely N-dealkylation sites (tertiary alicyclic amines) is 1. The highest BCUT2D eigenvalue weighted by molar-refractivity contribution is 7.92. The lowest BCUT2D eigenvalue weighted by atomic mass is 10.0. The van der Waals surface area contributed by atoms with E-state index in [0.29, 0.717) is 5.69 Å². The molecule has 2 N–H and O–H groups in total. The van der Waals surface area contributed by atoms with Gasteiger partial charge >= 0.3 is 0 Å². The van der Waals surface area contributed by atoms with Crippen molar-refractivity contribution in [3.05, 3.63) is 52.2 Å². The van der Waals surface area contributed by atoms with Crippen LogP contribution in [0.15, 0.2) is 41.8 Å². The summed E-state index contributed by atoms with van der Waals surface area (Å²) in [6, 6.07) is 11.4. The standard InChI is InChI=1S/C18H23N3O3S2/c1-26(23,24)20-16-6-4-14(5-7-16)13-21-10-8-15(9-11-21)19-18(22)17-3-2-12-25-17/h2-7,12,15,20H,8-11,13H2,1H3,(H,19,22). The molecule has 0 aliphatic carbocycles. The molecule has 26 heavy (non-hydrogen) atoms. The first kappa shape index (κ1) is 18.9. The first-order valence-corrected chi connectivity index (χ1v) is 11.3. The van der Waals surface area contributed by atoms with Crippen molar-refractivity contribution in [3.8, 4) is 0 Å². The van der Waals surface area contributed by atoms with Crippen LogP contribution in [-0.4, -0.2) is 44.6 Å². The van der Waals surface area contributed by atoms with Crippen molar-refractivity contribution >= 4 is 33.0 Å². The van der Waals surface area contributed by atoms with Crippen LogP contribution in [0.2, 0.25) is 0 Å². The highest BCUT2D eigenvalue weighted by Gasteiger charge is 2.21. The number of nitrogens with zero attached hydrogens (tertiary/aromatic N) is 1. The van der Waals surface area contributed by atoms with Crippen LogP contribution in [0.4, 0.5) is 5.69 Å². The fraction of sp³-hybridized carbons (Fsp3) is 0.389. The quantitative estimate of drug-likeness (QED) is 0.790. The van der Waals surface area contributed by atoms with Gasteiger partial charge in [0.2, 0.25) is 10.0 Å². The molecule has 1 aromatic carbocycles. The summed E-state index contributed by atoms with van der Waals surface area (Å²) in [5.74, 6) is 0.0208. The van der Waals surface area contributed by atoms with E-state index >= 15 is 0 Å². The van der Waals surface area contributed by atoms with Crippen molar-refractivity contribution in [2.24, 2.45) is 0 Å². The first-order valence-electron chi connectivity index (χ1n) is 8.52. The van der Waals surface area contributed by atoms with Crippen LogP contribution < -0.4 is 10.0 Å². The van der Waals surface area contributed by atoms with E-state index in [1.54, 1.807) is 12.1 Å². The molecule has 1 fully saturated rings. The molecule has 8 heteroatoms. The second kappa shape index (κ2) is 8.20. The number of amides is 1. The summed E-state index contributed by atoms with van der Waals surface area (Å²) in [4.78, 5) is 15.2. The summed E-state index contributed by atoms with van der Waals surface area (Å²) in [5, 5.41) is 5.03. The number of piperidine rings is 1. The average Bonchev–Trinajstić information content (AvgIpc) is 3.12. The molecule has 0 spiro atoms. The van der Waals surface area contributed by atoms with Gasteiger partial charge in [-0.1, -0.05) is 18.2 Å². The van der Waals surface area contributed by atoms with Gasteiger partial charge < -0.3 is 5.32 Å². The van der Waals surface area contributed by atoms with Gasteiger partial charge in [0.1, 0.15) is 0 Å². The molecule has 1 amide bonds. The summed E-state index contributed by atoms with van der Waals surface area (Å²) < 4.78 is 24.9. The summed E-state index contributed by atoms with van der Waals surface area (Å²) in [6.07, 6.45) is 3.01. The van der Waals surface area contributed by atoms with Crippen molar-refractivity contribution in [1.82, 2.24) is 10.2 Å². The molecule has 2 aromatic rings. The largest absolute Gasteiger partial charge is 0.349 e. The van der Waals surface area contributed by atoms with Crippen LogP contribution in [0.5, 0.6) is 0 Å². The fourth-order valence-electron chi connectivity index (χ4n) is 3.05. The van der Waals surface area contributed by atoms with Crippen LogP contribution >= 0.6 is 11.3 Å². The maximum atomic E-state index is 12.1. The Balaban J connectivity index is 1.46. The number of hydrogen-bond donors (Lipinski definition) is 2. The topological polar surface area (TPSA) is 78.5 Å². The lowest BCUT2D eigenvalue weighted by molar-refractivity contribution is 0.0913. The van der Waals surface area contributed by atoms with Crippen LogP contribution in [-0.2, 0) is 16.6 Å². The molecule has 1 aliphatic heterocycles. The molecule has 140 valence electrons. The molecule has 0 bridgehead atoms. The molecule has 1 saturated heterocycles. The van der Waals surface area contributed by atoms with Gasteiger partial charge in [-0.15, -0.1) is 11.3 Å². The number of sulfonamides is 1. The van der Waals surface area contributed by atoms with Crippen molar-refractivity contribution in [3.63, 3.8) is 0 Å². The minimum atomic E-state index is -3.24. The van der Waals surface area contributed by atoms with Gasteiger partial charge in [0.15, 0.2) is 0 Å². The Kier molecular flexibility index (Phi) is 5.95. The zero-order chi connectivity index (χ0) is 18.6. The Morgan fingerprint density at radius 1 is 1.19 bits per heavy atom. The van der Waals surface area contributed by atoms with Crippen LogP contribution in [0.25, 0.3) is 0 Å². The molecule has 6 nitrogen and oxygen atoms in total. The second-order valence-electron chi connectivity index (χ2n) is 6.57. The zero-order valence-corrected chi connectivity index (χ0v) is 16.3. The zero-order valence-electron chi connectivity index (χ0n) is 14.6. The third-order valence-corrected chi connectivity index (χ3v) is 5.81. The number of hydrogen-bond acceptors (Lipinski definition) is 5. The monoisotopic (exact) mass is 393 g/mol. The van der Waals surface area contributed by atoms with Crippen LogP contribution in [0.1, 0.15) is 28.1 Å². The van der Waals surface area contributed by atoms with E-state index in [1.807, 2.05) is 29.6 Å². The van der Waals surface area contributed by atoms with Crippen molar-refractivity contribution in [1.29, 1.82) is 0 Å². The molecule has 0 unspecified atom stereocenters. The van der Waals surface area contributed by atoms with Gasteiger partial charge in [-0.3, -0.25) is 14.4 Å². The fourth-order valence-corrected chi connectivity index (χ4v) is 4.24. The van der Waals surface area contributed by atoms with E-state index in [-0.39, 0.29) is 11.9 Å².